The van der Waals surface area contributed by atoms with Gasteiger partial charge in [0.1, 0.15) is 0 Å². The number of nitrogens with one attached hydrogen (secondary N) is 1. The zero-order valence-corrected chi connectivity index (χ0v) is 14.4. The first-order chi connectivity index (χ1) is 11.5. The lowest BCUT2D eigenvalue weighted by Crippen LogP contribution is -2.45. The number of hydrogen-bond donors (Lipinski definition) is 1. The first-order valence-corrected chi connectivity index (χ1v) is 9.60. The number of benzene rings is 1. The summed E-state index contributed by atoms with van der Waals surface area (Å²) in [7, 11) is -3.47. The molecular formula is C17H22N4O2S. The minimum atomic E-state index is -3.47. The summed E-state index contributed by atoms with van der Waals surface area (Å²) in [4.78, 5) is 2.46. The van der Waals surface area contributed by atoms with E-state index >= 15 is 0 Å². The zero-order chi connectivity index (χ0) is 17.4. The predicted octanol–water partition coefficient (Wildman–Crippen LogP) is 1.87. The average molecular weight is 346 g/mol. The van der Waals surface area contributed by atoms with Gasteiger partial charge in [0.25, 0.3) is 0 Å². The van der Waals surface area contributed by atoms with Crippen molar-refractivity contribution in [3.63, 3.8) is 0 Å². The third-order valence-corrected chi connectivity index (χ3v) is 5.77. The fourth-order valence-electron chi connectivity index (χ4n) is 2.87. The molecule has 24 heavy (non-hydrogen) atoms. The standard InChI is InChI=1S/C17H22N4O2S/c18-10-4-5-15(13-19)14-21-11-8-16(9-12-21)20-24(22,23)17-6-2-1-3-7-17/h1-3,6-7,15-16,20H,4-5,8-9,11-12,14H2/t15-/m1/s1. The minimum Gasteiger partial charge on any atom is -0.302 e. The Kier molecular flexibility index (Phi) is 6.74. The molecule has 1 aromatic rings. The van der Waals surface area contributed by atoms with E-state index in [2.05, 4.69) is 21.8 Å². The molecule has 0 aliphatic carbocycles. The van der Waals surface area contributed by atoms with E-state index in [0.717, 1.165) is 25.9 Å². The highest BCUT2D eigenvalue weighted by Crippen LogP contribution is 2.17. The second-order valence-corrected chi connectivity index (χ2v) is 7.75. The Labute approximate surface area is 143 Å². The molecule has 0 aromatic heterocycles. The molecule has 6 nitrogen and oxygen atoms in total. The molecule has 7 heteroatoms. The molecule has 1 saturated heterocycles. The summed E-state index contributed by atoms with van der Waals surface area (Å²) >= 11 is 0. The van der Waals surface area contributed by atoms with Crippen molar-refractivity contribution in [3.8, 4) is 12.1 Å². The normalized spacial score (nSPS) is 17.8. The van der Waals surface area contributed by atoms with Crippen molar-refractivity contribution >= 4 is 10.0 Å². The number of nitriles is 2. The van der Waals surface area contributed by atoms with Gasteiger partial charge in [0.2, 0.25) is 10.0 Å². The van der Waals surface area contributed by atoms with Gasteiger partial charge < -0.3 is 4.90 Å². The Hall–Kier alpha value is -1.93. The Bertz CT molecular complexity index is 698. The lowest BCUT2D eigenvalue weighted by Gasteiger charge is -2.33. The molecule has 0 saturated carbocycles. The Morgan fingerprint density at radius 2 is 1.88 bits per heavy atom. The number of sulfonamides is 1. The molecule has 1 aliphatic heterocycles. The van der Waals surface area contributed by atoms with Crippen molar-refractivity contribution in [2.75, 3.05) is 19.6 Å². The second-order valence-electron chi connectivity index (χ2n) is 6.03. The van der Waals surface area contributed by atoms with Gasteiger partial charge in [-0.05, 0) is 44.5 Å². The summed E-state index contributed by atoms with van der Waals surface area (Å²) in [5.41, 5.74) is 0. The third-order valence-electron chi connectivity index (χ3n) is 4.23. The minimum absolute atomic E-state index is 0.0777. The number of likely N-dealkylation sites (tertiary alicyclic amines) is 1. The van der Waals surface area contributed by atoms with E-state index in [1.165, 1.54) is 0 Å². The Balaban J connectivity index is 1.83. The van der Waals surface area contributed by atoms with Crippen molar-refractivity contribution in [1.82, 2.24) is 9.62 Å². The van der Waals surface area contributed by atoms with Gasteiger partial charge in [-0.2, -0.15) is 10.5 Å². The van der Waals surface area contributed by atoms with Gasteiger partial charge in [0.05, 0.1) is 23.0 Å². The van der Waals surface area contributed by atoms with Gasteiger partial charge in [0, 0.05) is 19.0 Å². The van der Waals surface area contributed by atoms with Gasteiger partial charge in [-0.25, -0.2) is 13.1 Å². The third kappa shape index (κ3) is 5.31. The van der Waals surface area contributed by atoms with E-state index in [0.29, 0.717) is 19.4 Å². The number of nitrogens with zero attached hydrogens (tertiary/aromatic N) is 3. The smallest absolute Gasteiger partial charge is 0.240 e. The lowest BCUT2D eigenvalue weighted by molar-refractivity contribution is 0.189. The fraction of sp³-hybridized carbons (Fsp3) is 0.529. The van der Waals surface area contributed by atoms with Gasteiger partial charge in [0.15, 0.2) is 0 Å². The molecular weight excluding hydrogens is 324 g/mol. The van der Waals surface area contributed by atoms with Crippen LogP contribution in [0.4, 0.5) is 0 Å². The summed E-state index contributed by atoms with van der Waals surface area (Å²) in [5, 5.41) is 17.8. The SMILES string of the molecule is N#CCC[C@H](C#N)CN1CCC(NS(=O)(=O)c2ccccc2)CC1. The van der Waals surface area contributed by atoms with E-state index in [4.69, 9.17) is 10.5 Å². The molecule has 2 rings (SSSR count). The molecule has 0 bridgehead atoms. The fourth-order valence-corrected chi connectivity index (χ4v) is 4.19. The van der Waals surface area contributed by atoms with E-state index in [-0.39, 0.29) is 16.9 Å². The highest BCUT2D eigenvalue weighted by molar-refractivity contribution is 7.89. The van der Waals surface area contributed by atoms with E-state index in [1.54, 1.807) is 30.3 Å². The topological polar surface area (TPSA) is 97.0 Å². The molecule has 1 fully saturated rings. The monoisotopic (exact) mass is 346 g/mol. The van der Waals surface area contributed by atoms with Crippen LogP contribution >= 0.6 is 0 Å². The van der Waals surface area contributed by atoms with Gasteiger partial charge in [-0.15, -0.1) is 0 Å². The van der Waals surface area contributed by atoms with Crippen LogP contribution in [0.2, 0.25) is 0 Å². The van der Waals surface area contributed by atoms with Crippen LogP contribution in [0.1, 0.15) is 25.7 Å². The first-order valence-electron chi connectivity index (χ1n) is 8.11. The molecule has 1 heterocycles. The van der Waals surface area contributed by atoms with Crippen LogP contribution in [0.3, 0.4) is 0 Å². The summed E-state index contributed by atoms with van der Waals surface area (Å²) in [6.07, 6.45) is 2.43. The van der Waals surface area contributed by atoms with E-state index in [1.807, 2.05) is 0 Å². The van der Waals surface area contributed by atoms with Crippen LogP contribution < -0.4 is 4.72 Å². The van der Waals surface area contributed by atoms with Gasteiger partial charge in [-0.3, -0.25) is 0 Å². The highest BCUT2D eigenvalue weighted by atomic mass is 32.2. The maximum absolute atomic E-state index is 12.3. The first kappa shape index (κ1) is 18.4. The Morgan fingerprint density at radius 1 is 1.21 bits per heavy atom. The maximum atomic E-state index is 12.3. The van der Waals surface area contributed by atoms with Crippen molar-refractivity contribution in [2.24, 2.45) is 5.92 Å². The molecule has 0 spiro atoms. The highest BCUT2D eigenvalue weighted by Gasteiger charge is 2.25. The molecule has 128 valence electrons. The number of hydrogen-bond acceptors (Lipinski definition) is 5. The van der Waals surface area contributed by atoms with Crippen LogP contribution in [-0.2, 0) is 10.0 Å². The van der Waals surface area contributed by atoms with Crippen molar-refractivity contribution in [2.45, 2.75) is 36.6 Å². The van der Waals surface area contributed by atoms with Crippen molar-refractivity contribution in [1.29, 1.82) is 10.5 Å². The second kappa shape index (κ2) is 8.79. The molecule has 1 aromatic carbocycles. The van der Waals surface area contributed by atoms with Crippen LogP contribution in [-0.4, -0.2) is 39.0 Å². The summed E-state index contributed by atoms with van der Waals surface area (Å²) in [6, 6.07) is 12.6. The summed E-state index contributed by atoms with van der Waals surface area (Å²) in [5.74, 6) is -0.137. The van der Waals surface area contributed by atoms with Crippen LogP contribution in [0, 0.1) is 28.6 Å². The lowest BCUT2D eigenvalue weighted by atomic mass is 10.0. The van der Waals surface area contributed by atoms with Crippen LogP contribution in [0.25, 0.3) is 0 Å². The molecule has 1 atom stereocenters. The van der Waals surface area contributed by atoms with E-state index < -0.39 is 10.0 Å². The van der Waals surface area contributed by atoms with Gasteiger partial charge >= 0.3 is 0 Å². The maximum Gasteiger partial charge on any atom is 0.240 e. The largest absolute Gasteiger partial charge is 0.302 e. The molecule has 0 radical (unpaired) electrons. The molecule has 0 unspecified atom stereocenters. The predicted molar refractivity (Wildman–Crippen MR) is 90.2 cm³/mol. The number of rotatable bonds is 7. The van der Waals surface area contributed by atoms with Crippen molar-refractivity contribution < 1.29 is 8.42 Å². The summed E-state index contributed by atoms with van der Waals surface area (Å²) < 4.78 is 27.4. The van der Waals surface area contributed by atoms with Gasteiger partial charge in [-0.1, -0.05) is 18.2 Å². The Morgan fingerprint density at radius 3 is 2.46 bits per heavy atom. The summed E-state index contributed by atoms with van der Waals surface area (Å²) in [6.45, 7) is 2.16. The molecule has 1 aliphatic rings. The van der Waals surface area contributed by atoms with E-state index in [9.17, 15) is 8.42 Å². The molecule has 0 amide bonds. The van der Waals surface area contributed by atoms with Crippen LogP contribution in [0.15, 0.2) is 35.2 Å². The average Bonchev–Trinajstić information content (AvgIpc) is 2.60. The van der Waals surface area contributed by atoms with Crippen molar-refractivity contribution in [3.05, 3.63) is 30.3 Å². The zero-order valence-electron chi connectivity index (χ0n) is 13.6. The van der Waals surface area contributed by atoms with Crippen LogP contribution in [0.5, 0.6) is 0 Å². The molecule has 1 N–H and O–H groups in total. The number of piperidine rings is 1. The quantitative estimate of drug-likeness (QED) is 0.813.